The lowest BCUT2D eigenvalue weighted by molar-refractivity contribution is 0.137. The summed E-state index contributed by atoms with van der Waals surface area (Å²) in [6, 6.07) is 0. The zero-order chi connectivity index (χ0) is 15.1. The molecule has 2 N–H and O–H groups in total. The summed E-state index contributed by atoms with van der Waals surface area (Å²) in [6.45, 7) is 9.17. The van der Waals surface area contributed by atoms with E-state index in [2.05, 4.69) is 52.0 Å². The van der Waals surface area contributed by atoms with E-state index in [1.165, 1.54) is 51.4 Å². The van der Waals surface area contributed by atoms with Gasteiger partial charge in [0, 0.05) is 11.5 Å². The summed E-state index contributed by atoms with van der Waals surface area (Å²) in [4.78, 5) is 0. The van der Waals surface area contributed by atoms with Gasteiger partial charge in [-0.25, -0.2) is 0 Å². The summed E-state index contributed by atoms with van der Waals surface area (Å²) < 4.78 is 0. The highest BCUT2D eigenvalue weighted by molar-refractivity contribution is 5.24. The van der Waals surface area contributed by atoms with Gasteiger partial charge in [0.15, 0.2) is 0 Å². The molecular formula is C19H35N. The van der Waals surface area contributed by atoms with Crippen LogP contribution in [0.4, 0.5) is 0 Å². The van der Waals surface area contributed by atoms with Gasteiger partial charge in [-0.2, -0.15) is 0 Å². The Balaban J connectivity index is 2.30. The van der Waals surface area contributed by atoms with Crippen molar-refractivity contribution in [1.29, 1.82) is 0 Å². The van der Waals surface area contributed by atoms with Crippen molar-refractivity contribution < 1.29 is 0 Å². The van der Waals surface area contributed by atoms with Crippen LogP contribution >= 0.6 is 0 Å². The van der Waals surface area contributed by atoms with Gasteiger partial charge in [-0.1, -0.05) is 90.0 Å². The molecule has 0 aliphatic heterocycles. The van der Waals surface area contributed by atoms with Gasteiger partial charge in [0.05, 0.1) is 0 Å². The molecule has 0 aromatic carbocycles. The second-order valence-corrected chi connectivity index (χ2v) is 7.33. The van der Waals surface area contributed by atoms with Crippen molar-refractivity contribution in [2.45, 2.75) is 84.6 Å². The van der Waals surface area contributed by atoms with Gasteiger partial charge in [0.25, 0.3) is 0 Å². The summed E-state index contributed by atoms with van der Waals surface area (Å²) in [7, 11) is 0. The second-order valence-electron chi connectivity index (χ2n) is 7.33. The molecule has 1 nitrogen and oxygen atoms in total. The molecule has 1 aliphatic carbocycles. The molecule has 0 amide bonds. The van der Waals surface area contributed by atoms with Crippen molar-refractivity contribution in [2.24, 2.45) is 17.1 Å². The van der Waals surface area contributed by atoms with Crippen molar-refractivity contribution in [1.82, 2.24) is 0 Å². The first kappa shape index (κ1) is 17.5. The smallest absolute Gasteiger partial charge is 0.0276 e. The molecule has 0 aromatic rings. The molecule has 1 heteroatoms. The second kappa shape index (κ2) is 8.02. The average molecular weight is 277 g/mol. The molecule has 1 aliphatic rings. The number of hydrogen-bond donors (Lipinski definition) is 1. The maximum Gasteiger partial charge on any atom is 0.0276 e. The predicted molar refractivity (Wildman–Crippen MR) is 90.8 cm³/mol. The fourth-order valence-corrected chi connectivity index (χ4v) is 3.08. The predicted octanol–water partition coefficient (Wildman–Crippen LogP) is 5.61. The average Bonchev–Trinajstić information content (AvgIpc) is 2.92. The van der Waals surface area contributed by atoms with E-state index in [1.807, 2.05) is 0 Å². The van der Waals surface area contributed by atoms with Crippen LogP contribution in [0.2, 0.25) is 0 Å². The molecule has 116 valence electrons. The third-order valence-electron chi connectivity index (χ3n) is 5.30. The summed E-state index contributed by atoms with van der Waals surface area (Å²) in [6.07, 6.45) is 19.6. The van der Waals surface area contributed by atoms with Crippen molar-refractivity contribution in [3.63, 3.8) is 0 Å². The molecule has 0 radical (unpaired) electrons. The molecule has 0 heterocycles. The Bertz CT molecular complexity index is 311. The lowest BCUT2D eigenvalue weighted by Gasteiger charge is -2.45. The molecule has 0 bridgehead atoms. The molecule has 1 atom stereocenters. The SMILES string of the molecule is CCCCCCCCCC(C)(C)C(C)(N)C1C=CC=C1. The lowest BCUT2D eigenvalue weighted by atomic mass is 9.65. The lowest BCUT2D eigenvalue weighted by Crippen LogP contribution is -2.54. The number of allylic oxidation sites excluding steroid dienone is 2. The first-order valence-corrected chi connectivity index (χ1v) is 8.55. The third-order valence-corrected chi connectivity index (χ3v) is 5.30. The van der Waals surface area contributed by atoms with Gasteiger partial charge in [-0.3, -0.25) is 0 Å². The highest BCUT2D eigenvalue weighted by Crippen LogP contribution is 2.41. The highest BCUT2D eigenvalue weighted by atomic mass is 14.8. The fraction of sp³-hybridized carbons (Fsp3) is 0.789. The monoisotopic (exact) mass is 277 g/mol. The van der Waals surface area contributed by atoms with E-state index >= 15 is 0 Å². The van der Waals surface area contributed by atoms with Crippen LogP contribution in [0.3, 0.4) is 0 Å². The minimum atomic E-state index is -0.154. The Morgan fingerprint density at radius 1 is 0.850 bits per heavy atom. The zero-order valence-corrected chi connectivity index (χ0v) is 14.1. The molecule has 0 spiro atoms. The maximum atomic E-state index is 6.68. The van der Waals surface area contributed by atoms with E-state index in [9.17, 15) is 0 Å². The van der Waals surface area contributed by atoms with Crippen LogP contribution in [0.15, 0.2) is 24.3 Å². The van der Waals surface area contributed by atoms with Gasteiger partial charge in [-0.05, 0) is 18.8 Å². The Morgan fingerprint density at radius 2 is 1.35 bits per heavy atom. The van der Waals surface area contributed by atoms with Gasteiger partial charge in [0.2, 0.25) is 0 Å². The van der Waals surface area contributed by atoms with Crippen molar-refractivity contribution in [3.8, 4) is 0 Å². The Kier molecular flexibility index (Phi) is 7.02. The molecule has 1 unspecified atom stereocenters. The minimum Gasteiger partial charge on any atom is -0.324 e. The molecule has 0 aromatic heterocycles. The van der Waals surface area contributed by atoms with Crippen LogP contribution in [0, 0.1) is 11.3 Å². The number of rotatable bonds is 10. The van der Waals surface area contributed by atoms with Crippen LogP contribution in [0.25, 0.3) is 0 Å². The van der Waals surface area contributed by atoms with Crippen LogP contribution in [0.1, 0.15) is 79.1 Å². The van der Waals surface area contributed by atoms with Gasteiger partial charge >= 0.3 is 0 Å². The zero-order valence-electron chi connectivity index (χ0n) is 14.1. The standard InChI is InChI=1S/C19H35N/c1-5-6-7-8-9-10-13-16-18(2,3)19(4,20)17-14-11-12-15-17/h11-12,14-15,17H,5-10,13,16,20H2,1-4H3. The van der Waals surface area contributed by atoms with Crippen LogP contribution < -0.4 is 5.73 Å². The topological polar surface area (TPSA) is 26.0 Å². The number of unbranched alkanes of at least 4 members (excludes halogenated alkanes) is 6. The van der Waals surface area contributed by atoms with Crippen LogP contribution in [0.5, 0.6) is 0 Å². The highest BCUT2D eigenvalue weighted by Gasteiger charge is 2.41. The van der Waals surface area contributed by atoms with Gasteiger partial charge in [0.1, 0.15) is 0 Å². The molecule has 1 rings (SSSR count). The summed E-state index contributed by atoms with van der Waals surface area (Å²) >= 11 is 0. The number of nitrogens with two attached hydrogens (primary N) is 1. The molecule has 0 fully saturated rings. The third kappa shape index (κ3) is 4.77. The van der Waals surface area contributed by atoms with Gasteiger partial charge in [-0.15, -0.1) is 0 Å². The number of hydrogen-bond acceptors (Lipinski definition) is 1. The van der Waals surface area contributed by atoms with E-state index in [1.54, 1.807) is 0 Å². The van der Waals surface area contributed by atoms with Crippen LogP contribution in [-0.2, 0) is 0 Å². The molecular weight excluding hydrogens is 242 g/mol. The maximum absolute atomic E-state index is 6.68. The Hall–Kier alpha value is -0.560. The van der Waals surface area contributed by atoms with Crippen molar-refractivity contribution in [3.05, 3.63) is 24.3 Å². The van der Waals surface area contributed by atoms with E-state index in [4.69, 9.17) is 5.73 Å². The summed E-state index contributed by atoms with van der Waals surface area (Å²) in [5.74, 6) is 0.391. The normalized spacial score (nSPS) is 18.6. The quantitative estimate of drug-likeness (QED) is 0.516. The minimum absolute atomic E-state index is 0.154. The Morgan fingerprint density at radius 3 is 1.90 bits per heavy atom. The fourth-order valence-electron chi connectivity index (χ4n) is 3.08. The van der Waals surface area contributed by atoms with Gasteiger partial charge < -0.3 is 5.73 Å². The first-order valence-electron chi connectivity index (χ1n) is 8.55. The largest absolute Gasteiger partial charge is 0.324 e. The van der Waals surface area contributed by atoms with Crippen molar-refractivity contribution in [2.75, 3.05) is 0 Å². The molecule has 0 saturated carbocycles. The van der Waals surface area contributed by atoms with E-state index < -0.39 is 0 Å². The van der Waals surface area contributed by atoms with Crippen LogP contribution in [-0.4, -0.2) is 5.54 Å². The summed E-state index contributed by atoms with van der Waals surface area (Å²) in [5, 5.41) is 0. The van der Waals surface area contributed by atoms with E-state index in [0.29, 0.717) is 5.92 Å². The van der Waals surface area contributed by atoms with E-state index in [0.717, 1.165) is 0 Å². The van der Waals surface area contributed by atoms with E-state index in [-0.39, 0.29) is 11.0 Å². The molecule has 20 heavy (non-hydrogen) atoms. The molecule has 0 saturated heterocycles. The summed E-state index contributed by atoms with van der Waals surface area (Å²) in [5.41, 5.74) is 6.70. The first-order chi connectivity index (χ1) is 9.42. The van der Waals surface area contributed by atoms with Crippen molar-refractivity contribution >= 4 is 0 Å². The Labute approximate surface area is 126 Å².